The van der Waals surface area contributed by atoms with Crippen molar-refractivity contribution in [2.75, 3.05) is 11.9 Å². The molecule has 0 atom stereocenters. The number of amides is 2. The van der Waals surface area contributed by atoms with Crippen molar-refractivity contribution in [1.82, 2.24) is 15.5 Å². The SMILES string of the molecule is CCC(CC)c1nnc(NC(=O)CCCNC(=O)c2ccc(Cl)cc2)s1. The highest BCUT2D eigenvalue weighted by Gasteiger charge is 2.14. The van der Waals surface area contributed by atoms with Gasteiger partial charge in [0.1, 0.15) is 5.01 Å². The summed E-state index contributed by atoms with van der Waals surface area (Å²) in [7, 11) is 0. The Morgan fingerprint density at radius 2 is 1.85 bits per heavy atom. The molecule has 0 fully saturated rings. The Balaban J connectivity index is 1.70. The minimum absolute atomic E-state index is 0.127. The second-order valence-electron chi connectivity index (χ2n) is 5.87. The van der Waals surface area contributed by atoms with Crippen molar-refractivity contribution in [3.05, 3.63) is 39.9 Å². The van der Waals surface area contributed by atoms with Crippen molar-refractivity contribution < 1.29 is 9.59 Å². The van der Waals surface area contributed by atoms with Crippen LogP contribution in [0.25, 0.3) is 0 Å². The average molecular weight is 395 g/mol. The number of rotatable bonds is 9. The van der Waals surface area contributed by atoms with E-state index < -0.39 is 0 Å². The molecule has 0 saturated carbocycles. The van der Waals surface area contributed by atoms with E-state index in [9.17, 15) is 9.59 Å². The fraction of sp³-hybridized carbons (Fsp3) is 0.444. The second-order valence-corrected chi connectivity index (χ2v) is 7.32. The molecular formula is C18H23ClN4O2S. The lowest BCUT2D eigenvalue weighted by Crippen LogP contribution is -2.25. The number of carbonyl (C=O) groups excluding carboxylic acids is 2. The zero-order valence-corrected chi connectivity index (χ0v) is 16.5. The molecule has 0 aliphatic heterocycles. The molecule has 1 aromatic heterocycles. The monoisotopic (exact) mass is 394 g/mol. The van der Waals surface area contributed by atoms with Gasteiger partial charge in [-0.1, -0.05) is 36.8 Å². The highest BCUT2D eigenvalue weighted by molar-refractivity contribution is 7.15. The number of anilines is 1. The van der Waals surface area contributed by atoms with Gasteiger partial charge in [-0.2, -0.15) is 0 Å². The summed E-state index contributed by atoms with van der Waals surface area (Å²) < 4.78 is 0. The predicted molar refractivity (Wildman–Crippen MR) is 105 cm³/mol. The number of benzene rings is 1. The largest absolute Gasteiger partial charge is 0.352 e. The van der Waals surface area contributed by atoms with Crippen LogP contribution < -0.4 is 10.6 Å². The van der Waals surface area contributed by atoms with Crippen LogP contribution in [0.5, 0.6) is 0 Å². The molecule has 0 saturated heterocycles. The van der Waals surface area contributed by atoms with Crippen molar-refractivity contribution >= 4 is 39.9 Å². The van der Waals surface area contributed by atoms with Crippen LogP contribution in [0, 0.1) is 0 Å². The van der Waals surface area contributed by atoms with E-state index in [4.69, 9.17) is 11.6 Å². The maximum Gasteiger partial charge on any atom is 0.251 e. The standard InChI is InChI=1S/C18H23ClN4O2S/c1-3-12(4-2)17-22-23-18(26-17)21-15(24)6-5-11-20-16(25)13-7-9-14(19)10-8-13/h7-10,12H,3-6,11H2,1-2H3,(H,20,25)(H,21,23,24). The van der Waals surface area contributed by atoms with Gasteiger partial charge in [0.15, 0.2) is 0 Å². The van der Waals surface area contributed by atoms with E-state index in [1.807, 2.05) is 0 Å². The first kappa shape index (κ1) is 20.3. The first-order valence-electron chi connectivity index (χ1n) is 8.70. The van der Waals surface area contributed by atoms with Crippen LogP contribution in [0.3, 0.4) is 0 Å². The Morgan fingerprint density at radius 1 is 1.15 bits per heavy atom. The van der Waals surface area contributed by atoms with Gasteiger partial charge in [-0.25, -0.2) is 0 Å². The van der Waals surface area contributed by atoms with Gasteiger partial charge in [-0.3, -0.25) is 9.59 Å². The summed E-state index contributed by atoms with van der Waals surface area (Å²) in [6.07, 6.45) is 2.86. The molecule has 1 heterocycles. The molecule has 0 aliphatic carbocycles. The third-order valence-electron chi connectivity index (χ3n) is 3.99. The highest BCUT2D eigenvalue weighted by Crippen LogP contribution is 2.28. The summed E-state index contributed by atoms with van der Waals surface area (Å²) in [5.74, 6) is 0.0836. The van der Waals surface area contributed by atoms with Crippen LogP contribution in [0.15, 0.2) is 24.3 Å². The van der Waals surface area contributed by atoms with E-state index in [2.05, 4.69) is 34.7 Å². The Labute approximate surface area is 162 Å². The lowest BCUT2D eigenvalue weighted by Gasteiger charge is -2.06. The summed E-state index contributed by atoms with van der Waals surface area (Å²) in [5, 5.41) is 15.8. The number of hydrogen-bond donors (Lipinski definition) is 2. The van der Waals surface area contributed by atoms with E-state index >= 15 is 0 Å². The molecule has 2 aromatic rings. The predicted octanol–water partition coefficient (Wildman–Crippen LogP) is 4.24. The Hall–Kier alpha value is -1.99. The van der Waals surface area contributed by atoms with E-state index in [-0.39, 0.29) is 11.8 Å². The molecule has 6 nitrogen and oxygen atoms in total. The molecule has 1 aromatic carbocycles. The molecule has 0 radical (unpaired) electrons. The van der Waals surface area contributed by atoms with E-state index in [1.165, 1.54) is 11.3 Å². The molecule has 2 N–H and O–H groups in total. The lowest BCUT2D eigenvalue weighted by molar-refractivity contribution is -0.116. The van der Waals surface area contributed by atoms with Gasteiger partial charge in [-0.05, 0) is 43.5 Å². The number of aromatic nitrogens is 2. The summed E-state index contributed by atoms with van der Waals surface area (Å²) in [5.41, 5.74) is 0.543. The maximum atomic E-state index is 12.0. The number of nitrogens with zero attached hydrogens (tertiary/aromatic N) is 2. The fourth-order valence-electron chi connectivity index (χ4n) is 2.42. The highest BCUT2D eigenvalue weighted by atomic mass is 35.5. The zero-order chi connectivity index (χ0) is 18.9. The molecular weight excluding hydrogens is 372 g/mol. The van der Waals surface area contributed by atoms with E-state index in [1.54, 1.807) is 24.3 Å². The summed E-state index contributed by atoms with van der Waals surface area (Å²) >= 11 is 7.22. The minimum Gasteiger partial charge on any atom is -0.352 e. The third kappa shape index (κ3) is 6.07. The number of carbonyl (C=O) groups is 2. The van der Waals surface area contributed by atoms with Gasteiger partial charge in [-0.15, -0.1) is 10.2 Å². The molecule has 2 amide bonds. The van der Waals surface area contributed by atoms with E-state index in [0.29, 0.717) is 41.0 Å². The first-order chi connectivity index (χ1) is 12.5. The molecule has 2 rings (SSSR count). The smallest absolute Gasteiger partial charge is 0.251 e. The van der Waals surface area contributed by atoms with Gasteiger partial charge in [0.25, 0.3) is 5.91 Å². The van der Waals surface area contributed by atoms with Crippen molar-refractivity contribution in [2.24, 2.45) is 0 Å². The van der Waals surface area contributed by atoms with Crippen LogP contribution >= 0.6 is 22.9 Å². The van der Waals surface area contributed by atoms with Crippen molar-refractivity contribution in [1.29, 1.82) is 0 Å². The number of hydrogen-bond acceptors (Lipinski definition) is 5. The normalized spacial score (nSPS) is 10.8. The minimum atomic E-state index is -0.180. The van der Waals surface area contributed by atoms with Crippen molar-refractivity contribution in [3.63, 3.8) is 0 Å². The van der Waals surface area contributed by atoms with Gasteiger partial charge in [0.05, 0.1) is 0 Å². The van der Waals surface area contributed by atoms with Gasteiger partial charge >= 0.3 is 0 Å². The van der Waals surface area contributed by atoms with Gasteiger partial charge < -0.3 is 10.6 Å². The quantitative estimate of drug-likeness (QED) is 0.623. The lowest BCUT2D eigenvalue weighted by atomic mass is 10.1. The first-order valence-corrected chi connectivity index (χ1v) is 9.90. The van der Waals surface area contributed by atoms with Gasteiger partial charge in [0, 0.05) is 29.5 Å². The Bertz CT molecular complexity index is 729. The maximum absolute atomic E-state index is 12.0. The van der Waals surface area contributed by atoms with E-state index in [0.717, 1.165) is 17.8 Å². The Morgan fingerprint density at radius 3 is 2.50 bits per heavy atom. The number of halogens is 1. The van der Waals surface area contributed by atoms with Crippen LogP contribution in [-0.4, -0.2) is 28.6 Å². The van der Waals surface area contributed by atoms with Crippen LogP contribution in [-0.2, 0) is 4.79 Å². The van der Waals surface area contributed by atoms with Crippen molar-refractivity contribution in [3.8, 4) is 0 Å². The fourth-order valence-corrected chi connectivity index (χ4v) is 3.58. The van der Waals surface area contributed by atoms with Gasteiger partial charge in [0.2, 0.25) is 11.0 Å². The van der Waals surface area contributed by atoms with Crippen LogP contribution in [0.2, 0.25) is 5.02 Å². The van der Waals surface area contributed by atoms with Crippen LogP contribution in [0.1, 0.15) is 60.8 Å². The summed E-state index contributed by atoms with van der Waals surface area (Å²) in [6.45, 7) is 4.66. The molecule has 26 heavy (non-hydrogen) atoms. The zero-order valence-electron chi connectivity index (χ0n) is 14.9. The average Bonchev–Trinajstić information content (AvgIpc) is 3.08. The molecule has 140 valence electrons. The second kappa shape index (κ2) is 10.2. The topological polar surface area (TPSA) is 84.0 Å². The summed E-state index contributed by atoms with van der Waals surface area (Å²) in [6, 6.07) is 6.67. The van der Waals surface area contributed by atoms with Crippen molar-refractivity contribution in [2.45, 2.75) is 45.4 Å². The number of nitrogens with one attached hydrogen (secondary N) is 2. The molecule has 8 heteroatoms. The molecule has 0 bridgehead atoms. The molecule has 0 spiro atoms. The molecule has 0 aliphatic rings. The Kier molecular flexibility index (Phi) is 8.00. The van der Waals surface area contributed by atoms with Crippen LogP contribution in [0.4, 0.5) is 5.13 Å². The molecule has 0 unspecified atom stereocenters. The third-order valence-corrected chi connectivity index (χ3v) is 5.25. The summed E-state index contributed by atoms with van der Waals surface area (Å²) in [4.78, 5) is 23.9.